The molecule has 3 heteroatoms. The lowest BCUT2D eigenvalue weighted by Crippen LogP contribution is -2.16. The van der Waals surface area contributed by atoms with Gasteiger partial charge in [0.15, 0.2) is 0 Å². The smallest absolute Gasteiger partial charge is 0.135 e. The van der Waals surface area contributed by atoms with E-state index in [4.69, 9.17) is 4.74 Å². The SMILES string of the molecule is CC1(C)c2ccccc2-c2ccc(N(c3ccc(-c4ccccc4)cc3)c3ccc4c(c3)-c3ccccc3-c3cc(N(c5ccc(-c6ccccc6)cc5)c5ccc6c(c5)C(C)(C)c5ccccc5-6)ccc3O4)cc21. The highest BCUT2D eigenvalue weighted by molar-refractivity contribution is 5.96. The summed E-state index contributed by atoms with van der Waals surface area (Å²) in [5.74, 6) is 1.63. The maximum Gasteiger partial charge on any atom is 0.135 e. The zero-order chi connectivity index (χ0) is 50.4. The molecule has 2 aliphatic carbocycles. The molecule has 3 nitrogen and oxygen atoms in total. The molecule has 1 heterocycles. The molecule has 3 aliphatic rings. The van der Waals surface area contributed by atoms with E-state index >= 15 is 0 Å². The molecule has 1 aliphatic heterocycles. The molecule has 0 spiro atoms. The number of hydrogen-bond donors (Lipinski definition) is 0. The molecule has 0 unspecified atom stereocenters. The lowest BCUT2D eigenvalue weighted by atomic mass is 9.82. The van der Waals surface area contributed by atoms with Crippen LogP contribution in [0.2, 0.25) is 0 Å². The largest absolute Gasteiger partial charge is 0.456 e. The summed E-state index contributed by atoms with van der Waals surface area (Å²) in [6.07, 6.45) is 0. The van der Waals surface area contributed by atoms with Crippen LogP contribution in [0, 0.1) is 0 Å². The monoisotopic (exact) mass is 962 g/mol. The molecule has 0 atom stereocenters. The highest BCUT2D eigenvalue weighted by atomic mass is 16.5. The normalized spacial score (nSPS) is 13.7. The zero-order valence-corrected chi connectivity index (χ0v) is 42.6. The third-order valence-corrected chi connectivity index (χ3v) is 16.3. The van der Waals surface area contributed by atoms with Crippen LogP contribution in [0.5, 0.6) is 11.5 Å². The van der Waals surface area contributed by atoms with Crippen LogP contribution in [0.3, 0.4) is 0 Å². The third kappa shape index (κ3) is 7.25. The second-order valence-electron chi connectivity index (χ2n) is 21.3. The minimum atomic E-state index is -0.153. The molecule has 14 rings (SSSR count). The van der Waals surface area contributed by atoms with Crippen molar-refractivity contribution in [3.05, 3.63) is 277 Å². The second kappa shape index (κ2) is 17.2. The van der Waals surface area contributed by atoms with Gasteiger partial charge in [0.1, 0.15) is 11.5 Å². The molecular weight excluding hydrogens is 909 g/mol. The molecule has 0 aromatic heterocycles. The predicted octanol–water partition coefficient (Wildman–Crippen LogP) is 20.0. The number of hydrogen-bond acceptors (Lipinski definition) is 3. The first-order valence-corrected chi connectivity index (χ1v) is 26.1. The molecular formula is C72H54N2O. The molecule has 0 amide bonds. The molecule has 75 heavy (non-hydrogen) atoms. The summed E-state index contributed by atoms with van der Waals surface area (Å²) >= 11 is 0. The van der Waals surface area contributed by atoms with Gasteiger partial charge in [-0.3, -0.25) is 0 Å². The summed E-state index contributed by atoms with van der Waals surface area (Å²) in [7, 11) is 0. The highest BCUT2D eigenvalue weighted by Gasteiger charge is 2.37. The standard InChI is InChI=1S/C72H54N2O/c1-71(2)65-25-15-13-23-59(65)61-39-35-55(45-67(61)71)73(51-31-27-49(28-32-51)47-17-7-5-8-18-47)53-37-41-69-63(43-53)57-21-11-12-22-58(57)64-44-54(38-42-70(64)75-69)74(52-33-29-50(30-34-52)48-19-9-6-10-20-48)56-36-40-62-60-24-14-16-26-66(60)72(3,4)68(62)46-56/h5-46H,1-4H3. The van der Waals surface area contributed by atoms with Gasteiger partial charge in [-0.25, -0.2) is 0 Å². The Balaban J connectivity index is 0.895. The number of ether oxygens (including phenoxy) is 1. The van der Waals surface area contributed by atoms with Crippen molar-refractivity contribution in [3.8, 4) is 78.3 Å². The number of rotatable bonds is 8. The van der Waals surface area contributed by atoms with Crippen molar-refractivity contribution >= 4 is 34.1 Å². The molecule has 0 bridgehead atoms. The van der Waals surface area contributed by atoms with E-state index in [0.717, 1.165) is 67.9 Å². The van der Waals surface area contributed by atoms with Crippen LogP contribution in [-0.2, 0) is 10.8 Å². The fourth-order valence-electron chi connectivity index (χ4n) is 12.4. The minimum Gasteiger partial charge on any atom is -0.456 e. The first-order chi connectivity index (χ1) is 36.7. The van der Waals surface area contributed by atoms with Crippen LogP contribution >= 0.6 is 0 Å². The first-order valence-electron chi connectivity index (χ1n) is 26.1. The molecule has 0 fully saturated rings. The topological polar surface area (TPSA) is 15.7 Å². The van der Waals surface area contributed by atoms with Crippen LogP contribution in [-0.4, -0.2) is 0 Å². The van der Waals surface area contributed by atoms with Gasteiger partial charge in [-0.2, -0.15) is 0 Å². The van der Waals surface area contributed by atoms with Crippen molar-refractivity contribution in [1.29, 1.82) is 0 Å². The molecule has 0 saturated heterocycles. The summed E-state index contributed by atoms with van der Waals surface area (Å²) in [5.41, 5.74) is 25.8. The molecule has 0 radical (unpaired) electrons. The van der Waals surface area contributed by atoms with Crippen LogP contribution in [0.25, 0.3) is 66.8 Å². The van der Waals surface area contributed by atoms with E-state index < -0.39 is 0 Å². The van der Waals surface area contributed by atoms with E-state index in [9.17, 15) is 0 Å². The van der Waals surface area contributed by atoms with Crippen molar-refractivity contribution in [2.45, 2.75) is 38.5 Å². The van der Waals surface area contributed by atoms with Crippen LogP contribution in [0.1, 0.15) is 49.9 Å². The Labute approximate surface area is 440 Å². The number of benzene rings is 11. The first kappa shape index (κ1) is 44.5. The maximum atomic E-state index is 7.12. The molecule has 11 aromatic rings. The van der Waals surface area contributed by atoms with Gasteiger partial charge in [-0.1, -0.05) is 198 Å². The molecule has 11 aromatic carbocycles. The van der Waals surface area contributed by atoms with Gasteiger partial charge in [-0.15, -0.1) is 0 Å². The summed E-state index contributed by atoms with van der Waals surface area (Å²) in [6, 6.07) is 93.2. The van der Waals surface area contributed by atoms with Crippen molar-refractivity contribution < 1.29 is 4.74 Å². The van der Waals surface area contributed by atoms with E-state index in [1.54, 1.807) is 0 Å². The quantitative estimate of drug-likeness (QED) is 0.151. The zero-order valence-electron chi connectivity index (χ0n) is 42.6. The Morgan fingerprint density at radius 3 is 0.960 bits per heavy atom. The van der Waals surface area contributed by atoms with Gasteiger partial charge in [0.2, 0.25) is 0 Å². The summed E-state index contributed by atoms with van der Waals surface area (Å²) in [4.78, 5) is 4.81. The van der Waals surface area contributed by atoms with Gasteiger partial charge < -0.3 is 14.5 Å². The Bertz CT molecular complexity index is 3760. The number of anilines is 6. The van der Waals surface area contributed by atoms with Gasteiger partial charge in [-0.05, 0) is 163 Å². The van der Waals surface area contributed by atoms with Crippen LogP contribution < -0.4 is 14.5 Å². The van der Waals surface area contributed by atoms with Crippen LogP contribution in [0.4, 0.5) is 34.1 Å². The van der Waals surface area contributed by atoms with Crippen LogP contribution in [0.15, 0.2) is 255 Å². The number of fused-ring (bicyclic) bond motifs is 11. The Morgan fingerprint density at radius 2 is 0.547 bits per heavy atom. The van der Waals surface area contributed by atoms with Gasteiger partial charge >= 0.3 is 0 Å². The number of nitrogens with zero attached hydrogens (tertiary/aromatic N) is 2. The lowest BCUT2D eigenvalue weighted by Gasteiger charge is -2.29. The highest BCUT2D eigenvalue weighted by Crippen LogP contribution is 2.55. The van der Waals surface area contributed by atoms with E-state index in [1.165, 1.54) is 66.8 Å². The minimum absolute atomic E-state index is 0.153. The third-order valence-electron chi connectivity index (χ3n) is 16.3. The summed E-state index contributed by atoms with van der Waals surface area (Å²) in [6.45, 7) is 9.42. The molecule has 0 saturated carbocycles. The van der Waals surface area contributed by atoms with Crippen molar-refractivity contribution in [2.75, 3.05) is 9.80 Å². The van der Waals surface area contributed by atoms with E-state index in [-0.39, 0.29) is 10.8 Å². The van der Waals surface area contributed by atoms with Crippen molar-refractivity contribution in [2.24, 2.45) is 0 Å². The Hall–Kier alpha value is -9.18. The van der Waals surface area contributed by atoms with Gasteiger partial charge in [0.25, 0.3) is 0 Å². The second-order valence-corrected chi connectivity index (χ2v) is 21.3. The van der Waals surface area contributed by atoms with E-state index in [0.29, 0.717) is 0 Å². The van der Waals surface area contributed by atoms with Gasteiger partial charge in [0.05, 0.1) is 0 Å². The lowest BCUT2D eigenvalue weighted by molar-refractivity contribution is 0.488. The van der Waals surface area contributed by atoms with Crippen molar-refractivity contribution in [1.82, 2.24) is 0 Å². The van der Waals surface area contributed by atoms with Crippen molar-refractivity contribution in [3.63, 3.8) is 0 Å². The average molecular weight is 963 g/mol. The average Bonchev–Trinajstić information content (AvgIpc) is 3.81. The van der Waals surface area contributed by atoms with E-state index in [1.807, 2.05) is 0 Å². The summed E-state index contributed by atoms with van der Waals surface area (Å²) in [5, 5.41) is 0. The fraction of sp³-hybridized carbons (Fsp3) is 0.0833. The summed E-state index contributed by atoms with van der Waals surface area (Å²) < 4.78 is 7.12. The van der Waals surface area contributed by atoms with Gasteiger partial charge in [0, 0.05) is 56.1 Å². The predicted molar refractivity (Wildman–Crippen MR) is 313 cm³/mol. The Kier molecular flexibility index (Phi) is 10.2. The molecule has 0 N–H and O–H groups in total. The molecule has 358 valence electrons. The Morgan fingerprint density at radius 1 is 0.240 bits per heavy atom. The van der Waals surface area contributed by atoms with E-state index in [2.05, 4.69) is 292 Å². The maximum absolute atomic E-state index is 7.12. The fourth-order valence-corrected chi connectivity index (χ4v) is 12.4.